The lowest BCUT2D eigenvalue weighted by Gasteiger charge is -2.20. The standard InChI is InChI=1S/C17H19N3OS.ClH/c1-10-6-5-7-11(8-10)13-9-12-14(22-13)15(21)19-16(18-12)20-17(2,3)4;/h5-9H,1-4H3,(H2,18,19,20,21);1H. The number of rotatable bonds is 2. The Morgan fingerprint density at radius 1 is 1.22 bits per heavy atom. The zero-order valence-electron chi connectivity index (χ0n) is 13.6. The molecule has 0 saturated carbocycles. The van der Waals surface area contributed by atoms with Crippen LogP contribution in [0.3, 0.4) is 0 Å². The predicted molar refractivity (Wildman–Crippen MR) is 101 cm³/mol. The van der Waals surface area contributed by atoms with Gasteiger partial charge >= 0.3 is 0 Å². The van der Waals surface area contributed by atoms with Crippen LogP contribution in [0.2, 0.25) is 0 Å². The maximum atomic E-state index is 12.3. The number of H-pyrrole nitrogens is 1. The zero-order valence-corrected chi connectivity index (χ0v) is 15.2. The van der Waals surface area contributed by atoms with Gasteiger partial charge in [0.2, 0.25) is 5.95 Å². The van der Waals surface area contributed by atoms with Crippen molar-refractivity contribution in [3.05, 3.63) is 46.2 Å². The van der Waals surface area contributed by atoms with E-state index in [4.69, 9.17) is 0 Å². The van der Waals surface area contributed by atoms with E-state index in [1.807, 2.05) is 32.9 Å². The van der Waals surface area contributed by atoms with Crippen molar-refractivity contribution < 1.29 is 0 Å². The maximum absolute atomic E-state index is 12.3. The van der Waals surface area contributed by atoms with Crippen LogP contribution in [-0.4, -0.2) is 15.5 Å². The molecule has 0 fully saturated rings. The lowest BCUT2D eigenvalue weighted by Crippen LogP contribution is -2.28. The van der Waals surface area contributed by atoms with Crippen LogP contribution >= 0.6 is 23.7 Å². The number of nitrogens with one attached hydrogen (secondary N) is 2. The molecule has 0 aliphatic heterocycles. The first-order valence-corrected chi connectivity index (χ1v) is 8.02. The highest BCUT2D eigenvalue weighted by atomic mass is 35.5. The van der Waals surface area contributed by atoms with Gasteiger partial charge in [0.25, 0.3) is 5.56 Å². The van der Waals surface area contributed by atoms with Crippen molar-refractivity contribution in [1.82, 2.24) is 9.97 Å². The Hall–Kier alpha value is -1.85. The van der Waals surface area contributed by atoms with E-state index in [1.54, 1.807) is 0 Å². The molecule has 6 heteroatoms. The monoisotopic (exact) mass is 349 g/mol. The molecule has 3 rings (SSSR count). The summed E-state index contributed by atoms with van der Waals surface area (Å²) in [5, 5.41) is 3.21. The fourth-order valence-electron chi connectivity index (χ4n) is 2.29. The molecule has 1 aromatic carbocycles. The smallest absolute Gasteiger partial charge is 0.270 e. The molecular formula is C17H20ClN3OS. The van der Waals surface area contributed by atoms with Gasteiger partial charge in [-0.2, -0.15) is 0 Å². The Labute approximate surface area is 145 Å². The third-order valence-electron chi connectivity index (χ3n) is 3.18. The number of aromatic nitrogens is 2. The molecule has 0 amide bonds. The molecule has 0 saturated heterocycles. The van der Waals surface area contributed by atoms with E-state index < -0.39 is 0 Å². The van der Waals surface area contributed by atoms with Crippen molar-refractivity contribution in [2.45, 2.75) is 33.2 Å². The molecule has 2 N–H and O–H groups in total. The zero-order chi connectivity index (χ0) is 15.9. The predicted octanol–water partition coefficient (Wildman–Crippen LogP) is 4.59. The number of hydrogen-bond acceptors (Lipinski definition) is 4. The van der Waals surface area contributed by atoms with Crippen molar-refractivity contribution in [3.63, 3.8) is 0 Å². The quantitative estimate of drug-likeness (QED) is 0.711. The van der Waals surface area contributed by atoms with Crippen molar-refractivity contribution >= 4 is 39.9 Å². The van der Waals surface area contributed by atoms with Gasteiger partial charge in [-0.15, -0.1) is 23.7 Å². The minimum absolute atomic E-state index is 0. The van der Waals surface area contributed by atoms with Crippen LogP contribution in [0.1, 0.15) is 26.3 Å². The lowest BCUT2D eigenvalue weighted by atomic mass is 10.1. The Morgan fingerprint density at radius 2 is 1.96 bits per heavy atom. The molecule has 0 aliphatic rings. The summed E-state index contributed by atoms with van der Waals surface area (Å²) in [5.41, 5.74) is 2.80. The molecule has 0 atom stereocenters. The van der Waals surface area contributed by atoms with Gasteiger partial charge in [0.05, 0.1) is 5.52 Å². The number of benzene rings is 1. The summed E-state index contributed by atoms with van der Waals surface area (Å²) in [6.07, 6.45) is 0. The van der Waals surface area contributed by atoms with Gasteiger partial charge < -0.3 is 5.32 Å². The van der Waals surface area contributed by atoms with Crippen LogP contribution in [-0.2, 0) is 0 Å². The molecule has 4 nitrogen and oxygen atoms in total. The van der Waals surface area contributed by atoms with Gasteiger partial charge in [-0.25, -0.2) is 4.98 Å². The van der Waals surface area contributed by atoms with Gasteiger partial charge in [-0.05, 0) is 39.3 Å². The molecule has 122 valence electrons. The number of nitrogens with zero attached hydrogens (tertiary/aromatic N) is 1. The van der Waals surface area contributed by atoms with E-state index in [-0.39, 0.29) is 23.5 Å². The van der Waals surface area contributed by atoms with E-state index in [1.165, 1.54) is 16.9 Å². The molecule has 0 spiro atoms. The second kappa shape index (κ2) is 6.34. The Kier molecular flexibility index (Phi) is 4.82. The van der Waals surface area contributed by atoms with Gasteiger partial charge in [-0.1, -0.05) is 29.8 Å². The number of halogens is 1. The average Bonchev–Trinajstić information content (AvgIpc) is 2.81. The Bertz CT molecular complexity index is 893. The third kappa shape index (κ3) is 3.92. The average molecular weight is 350 g/mol. The van der Waals surface area contributed by atoms with Gasteiger partial charge in [0.15, 0.2) is 0 Å². The van der Waals surface area contributed by atoms with E-state index in [2.05, 4.69) is 40.4 Å². The van der Waals surface area contributed by atoms with Crippen LogP contribution < -0.4 is 10.9 Å². The van der Waals surface area contributed by atoms with E-state index >= 15 is 0 Å². The number of aromatic amines is 1. The Balaban J connectivity index is 0.00000192. The van der Waals surface area contributed by atoms with E-state index in [0.717, 1.165) is 16.0 Å². The second-order valence-corrected chi connectivity index (χ2v) is 7.54. The fourth-order valence-corrected chi connectivity index (χ4v) is 3.28. The minimum atomic E-state index is -0.154. The highest BCUT2D eigenvalue weighted by Crippen LogP contribution is 2.31. The topological polar surface area (TPSA) is 57.8 Å². The molecule has 2 heterocycles. The maximum Gasteiger partial charge on any atom is 0.270 e. The van der Waals surface area contributed by atoms with Crippen LogP contribution in [0.25, 0.3) is 20.7 Å². The molecule has 0 radical (unpaired) electrons. The molecule has 0 unspecified atom stereocenters. The van der Waals surface area contributed by atoms with Crippen molar-refractivity contribution in [1.29, 1.82) is 0 Å². The van der Waals surface area contributed by atoms with Crippen LogP contribution in [0.5, 0.6) is 0 Å². The molecule has 23 heavy (non-hydrogen) atoms. The second-order valence-electron chi connectivity index (χ2n) is 6.48. The number of thiophene rings is 1. The third-order valence-corrected chi connectivity index (χ3v) is 4.35. The van der Waals surface area contributed by atoms with E-state index in [0.29, 0.717) is 10.6 Å². The fraction of sp³-hybridized carbons (Fsp3) is 0.294. The summed E-state index contributed by atoms with van der Waals surface area (Å²) >= 11 is 1.48. The largest absolute Gasteiger partial charge is 0.351 e. The van der Waals surface area contributed by atoms with Crippen LogP contribution in [0, 0.1) is 6.92 Å². The van der Waals surface area contributed by atoms with Gasteiger partial charge in [-0.3, -0.25) is 9.78 Å². The summed E-state index contributed by atoms with van der Waals surface area (Å²) < 4.78 is 0.663. The highest BCUT2D eigenvalue weighted by molar-refractivity contribution is 7.22. The first-order valence-electron chi connectivity index (χ1n) is 7.21. The lowest BCUT2D eigenvalue weighted by molar-refractivity contribution is 0.626. The van der Waals surface area contributed by atoms with Crippen LogP contribution in [0.15, 0.2) is 35.1 Å². The molecule has 0 aliphatic carbocycles. The van der Waals surface area contributed by atoms with Crippen molar-refractivity contribution in [2.24, 2.45) is 0 Å². The molecule has 3 aromatic rings. The summed E-state index contributed by atoms with van der Waals surface area (Å²) in [6.45, 7) is 8.15. The summed E-state index contributed by atoms with van der Waals surface area (Å²) in [4.78, 5) is 20.7. The summed E-state index contributed by atoms with van der Waals surface area (Å²) in [7, 11) is 0. The first-order chi connectivity index (χ1) is 10.3. The van der Waals surface area contributed by atoms with E-state index in [9.17, 15) is 4.79 Å². The Morgan fingerprint density at radius 3 is 2.61 bits per heavy atom. The minimum Gasteiger partial charge on any atom is -0.351 e. The van der Waals surface area contributed by atoms with Gasteiger partial charge in [0.1, 0.15) is 4.70 Å². The normalized spacial score (nSPS) is 11.3. The molecule has 2 aromatic heterocycles. The summed E-state index contributed by atoms with van der Waals surface area (Å²) in [5.74, 6) is 0.513. The SMILES string of the molecule is Cc1cccc(-c2cc3nc(NC(C)(C)C)[nH]c(=O)c3s2)c1.Cl. The highest BCUT2D eigenvalue weighted by Gasteiger charge is 2.14. The number of fused-ring (bicyclic) bond motifs is 1. The summed E-state index contributed by atoms with van der Waals surface area (Å²) in [6, 6.07) is 10.2. The number of anilines is 1. The van der Waals surface area contributed by atoms with Gasteiger partial charge in [0, 0.05) is 10.4 Å². The number of hydrogen-bond donors (Lipinski definition) is 2. The van der Waals surface area contributed by atoms with Crippen LogP contribution in [0.4, 0.5) is 5.95 Å². The first kappa shape index (κ1) is 17.5. The molecular weight excluding hydrogens is 330 g/mol. The van der Waals surface area contributed by atoms with Crippen molar-refractivity contribution in [2.75, 3.05) is 5.32 Å². The molecule has 0 bridgehead atoms. The van der Waals surface area contributed by atoms with Crippen molar-refractivity contribution in [3.8, 4) is 10.4 Å². The number of aryl methyl sites for hydroxylation is 1.